The number of hydrogen-bond donors (Lipinski definition) is 1. The van der Waals surface area contributed by atoms with E-state index in [1.54, 1.807) is 0 Å². The number of ether oxygens (including phenoxy) is 1. The van der Waals surface area contributed by atoms with Gasteiger partial charge in [-0.25, -0.2) is 0 Å². The lowest BCUT2D eigenvalue weighted by Gasteiger charge is -2.30. The Hall–Kier alpha value is -1.59. The van der Waals surface area contributed by atoms with Crippen LogP contribution < -0.4 is 15.1 Å². The van der Waals surface area contributed by atoms with Gasteiger partial charge in [0.1, 0.15) is 6.10 Å². The molecule has 0 unspecified atom stereocenters. The van der Waals surface area contributed by atoms with E-state index in [0.29, 0.717) is 19.1 Å². The molecule has 3 rings (SSSR count). The molecule has 0 bridgehead atoms. The molecule has 0 spiro atoms. The first-order chi connectivity index (χ1) is 10.2. The second kappa shape index (κ2) is 6.03. The van der Waals surface area contributed by atoms with Crippen molar-refractivity contribution >= 4 is 17.3 Å². The summed E-state index contributed by atoms with van der Waals surface area (Å²) in [7, 11) is 2.09. The lowest BCUT2D eigenvalue weighted by molar-refractivity contribution is -0.131. The van der Waals surface area contributed by atoms with Gasteiger partial charge in [0.2, 0.25) is 0 Å². The molecule has 1 amide bonds. The number of fused-ring (bicyclic) bond motifs is 1. The first kappa shape index (κ1) is 14.4. The molecule has 1 fully saturated rings. The van der Waals surface area contributed by atoms with Crippen LogP contribution in [0.1, 0.15) is 6.92 Å². The maximum absolute atomic E-state index is 12.9. The molecule has 114 valence electrons. The molecular formula is C16H23N3O2. The van der Waals surface area contributed by atoms with Gasteiger partial charge in [0, 0.05) is 33.2 Å². The maximum atomic E-state index is 12.9. The second-order valence-electron chi connectivity index (χ2n) is 5.99. The molecule has 2 heterocycles. The number of rotatable bonds is 1. The van der Waals surface area contributed by atoms with E-state index in [4.69, 9.17) is 4.74 Å². The average molecular weight is 289 g/mol. The van der Waals surface area contributed by atoms with E-state index in [1.165, 1.54) is 0 Å². The van der Waals surface area contributed by atoms with Gasteiger partial charge in [-0.15, -0.1) is 0 Å². The first-order valence-corrected chi connectivity index (χ1v) is 7.60. The van der Waals surface area contributed by atoms with Crippen LogP contribution in [0.5, 0.6) is 0 Å². The summed E-state index contributed by atoms with van der Waals surface area (Å²) in [5, 5.41) is 3.23. The Morgan fingerprint density at radius 3 is 2.76 bits per heavy atom. The Bertz CT molecular complexity index is 514. The molecule has 1 aromatic rings. The normalized spacial score (nSPS) is 26.2. The average Bonchev–Trinajstić information content (AvgIpc) is 2.64. The molecule has 5 nitrogen and oxygen atoms in total. The Morgan fingerprint density at radius 1 is 1.29 bits per heavy atom. The second-order valence-corrected chi connectivity index (χ2v) is 5.99. The van der Waals surface area contributed by atoms with Crippen LogP contribution in [0.15, 0.2) is 24.3 Å². The van der Waals surface area contributed by atoms with E-state index in [2.05, 4.69) is 30.3 Å². The van der Waals surface area contributed by atoms with Gasteiger partial charge in [-0.3, -0.25) is 4.79 Å². The Morgan fingerprint density at radius 2 is 2.05 bits per heavy atom. The van der Waals surface area contributed by atoms with Crippen molar-refractivity contribution in [1.82, 2.24) is 5.32 Å². The molecule has 0 radical (unpaired) electrons. The Labute approximate surface area is 125 Å². The number of benzene rings is 1. The van der Waals surface area contributed by atoms with Crippen molar-refractivity contribution < 1.29 is 9.53 Å². The number of para-hydroxylation sites is 2. The maximum Gasteiger partial charge on any atom is 0.257 e. The first-order valence-electron chi connectivity index (χ1n) is 7.60. The molecule has 5 heteroatoms. The third-order valence-corrected chi connectivity index (χ3v) is 4.13. The van der Waals surface area contributed by atoms with E-state index in [0.717, 1.165) is 31.0 Å². The zero-order chi connectivity index (χ0) is 14.8. The lowest BCUT2D eigenvalue weighted by Crippen LogP contribution is -2.50. The van der Waals surface area contributed by atoms with Gasteiger partial charge in [-0.2, -0.15) is 0 Å². The summed E-state index contributed by atoms with van der Waals surface area (Å²) >= 11 is 0. The molecule has 1 N–H and O–H groups in total. The molecule has 1 aromatic carbocycles. The molecule has 2 aliphatic heterocycles. The SMILES string of the molecule is C[C@@H]1CN(C)c2ccccc2N(C(=O)[C@@H]2CNCCO2)C1. The lowest BCUT2D eigenvalue weighted by atomic mass is 10.1. The third-order valence-electron chi connectivity index (χ3n) is 4.13. The highest BCUT2D eigenvalue weighted by Gasteiger charge is 2.32. The van der Waals surface area contributed by atoms with Crippen molar-refractivity contribution in [3.05, 3.63) is 24.3 Å². The van der Waals surface area contributed by atoms with Crippen LogP contribution in [0.4, 0.5) is 11.4 Å². The monoisotopic (exact) mass is 289 g/mol. The summed E-state index contributed by atoms with van der Waals surface area (Å²) in [5.74, 6) is 0.486. The van der Waals surface area contributed by atoms with Crippen LogP contribution in [0.3, 0.4) is 0 Å². The standard InChI is InChI=1S/C16H23N3O2/c1-12-10-18(2)13-5-3-4-6-14(13)19(11-12)16(20)15-9-17-7-8-21-15/h3-6,12,15,17H,7-11H2,1-2H3/t12-,15+/m1/s1. The van der Waals surface area contributed by atoms with Crippen LogP contribution in [0.25, 0.3) is 0 Å². The van der Waals surface area contributed by atoms with Gasteiger partial charge >= 0.3 is 0 Å². The molecule has 2 aliphatic rings. The number of morpholine rings is 1. The number of amides is 1. The minimum Gasteiger partial charge on any atom is -0.373 e. The summed E-state index contributed by atoms with van der Waals surface area (Å²) in [6.45, 7) is 5.88. The predicted octanol–water partition coefficient (Wildman–Crippen LogP) is 1.09. The van der Waals surface area contributed by atoms with Gasteiger partial charge in [0.25, 0.3) is 5.91 Å². The fourth-order valence-corrected chi connectivity index (χ4v) is 3.16. The van der Waals surface area contributed by atoms with Crippen molar-refractivity contribution in [2.75, 3.05) is 49.6 Å². The number of nitrogens with one attached hydrogen (secondary N) is 1. The fourth-order valence-electron chi connectivity index (χ4n) is 3.16. The van der Waals surface area contributed by atoms with E-state index < -0.39 is 0 Å². The summed E-state index contributed by atoms with van der Waals surface area (Å²) in [6.07, 6.45) is -0.373. The highest BCUT2D eigenvalue weighted by molar-refractivity contribution is 6.00. The topological polar surface area (TPSA) is 44.8 Å². The third kappa shape index (κ3) is 2.89. The molecule has 0 aliphatic carbocycles. The van der Waals surface area contributed by atoms with E-state index in [1.807, 2.05) is 23.1 Å². The minimum atomic E-state index is -0.373. The van der Waals surface area contributed by atoms with Crippen LogP contribution in [-0.2, 0) is 9.53 Å². The summed E-state index contributed by atoms with van der Waals surface area (Å²) < 4.78 is 5.64. The Balaban J connectivity index is 1.92. The Kier molecular flexibility index (Phi) is 4.12. The summed E-state index contributed by atoms with van der Waals surface area (Å²) in [4.78, 5) is 17.0. The predicted molar refractivity (Wildman–Crippen MR) is 83.8 cm³/mol. The number of carbonyl (C=O) groups is 1. The quantitative estimate of drug-likeness (QED) is 0.841. The van der Waals surface area contributed by atoms with Gasteiger partial charge in [0.05, 0.1) is 18.0 Å². The number of nitrogens with zero attached hydrogens (tertiary/aromatic N) is 2. The molecule has 0 saturated carbocycles. The molecule has 0 aromatic heterocycles. The van der Waals surface area contributed by atoms with Crippen LogP contribution >= 0.6 is 0 Å². The van der Waals surface area contributed by atoms with Crippen molar-refractivity contribution in [2.45, 2.75) is 13.0 Å². The summed E-state index contributed by atoms with van der Waals surface area (Å²) in [5.41, 5.74) is 2.10. The zero-order valence-corrected chi connectivity index (χ0v) is 12.7. The van der Waals surface area contributed by atoms with Crippen molar-refractivity contribution in [3.8, 4) is 0 Å². The number of hydrogen-bond acceptors (Lipinski definition) is 4. The van der Waals surface area contributed by atoms with Crippen molar-refractivity contribution in [3.63, 3.8) is 0 Å². The van der Waals surface area contributed by atoms with Crippen LogP contribution in [0.2, 0.25) is 0 Å². The number of carbonyl (C=O) groups excluding carboxylic acids is 1. The van der Waals surface area contributed by atoms with Crippen molar-refractivity contribution in [1.29, 1.82) is 0 Å². The minimum absolute atomic E-state index is 0.0665. The molecule has 21 heavy (non-hydrogen) atoms. The highest BCUT2D eigenvalue weighted by Crippen LogP contribution is 2.33. The largest absolute Gasteiger partial charge is 0.373 e. The summed E-state index contributed by atoms with van der Waals surface area (Å²) in [6, 6.07) is 8.11. The van der Waals surface area contributed by atoms with E-state index >= 15 is 0 Å². The van der Waals surface area contributed by atoms with E-state index in [9.17, 15) is 4.79 Å². The van der Waals surface area contributed by atoms with Gasteiger partial charge < -0.3 is 19.9 Å². The molecular weight excluding hydrogens is 266 g/mol. The molecule has 2 atom stereocenters. The van der Waals surface area contributed by atoms with Crippen LogP contribution in [0, 0.1) is 5.92 Å². The van der Waals surface area contributed by atoms with Gasteiger partial charge in [-0.1, -0.05) is 19.1 Å². The van der Waals surface area contributed by atoms with Gasteiger partial charge in [0.15, 0.2) is 0 Å². The van der Waals surface area contributed by atoms with E-state index in [-0.39, 0.29) is 12.0 Å². The van der Waals surface area contributed by atoms with Crippen molar-refractivity contribution in [2.24, 2.45) is 5.92 Å². The van der Waals surface area contributed by atoms with Gasteiger partial charge in [-0.05, 0) is 18.1 Å². The number of anilines is 2. The van der Waals surface area contributed by atoms with Crippen LogP contribution in [-0.4, -0.2) is 51.8 Å². The smallest absolute Gasteiger partial charge is 0.257 e. The molecule has 1 saturated heterocycles. The fraction of sp³-hybridized carbons (Fsp3) is 0.562. The zero-order valence-electron chi connectivity index (χ0n) is 12.7. The highest BCUT2D eigenvalue weighted by atomic mass is 16.5.